The molecule has 6 nitrogen and oxygen atoms in total. The topological polar surface area (TPSA) is 64.4 Å². The third-order valence-electron chi connectivity index (χ3n) is 4.96. The molecule has 26 heavy (non-hydrogen) atoms. The molecule has 0 radical (unpaired) electrons. The number of amides is 1. The summed E-state index contributed by atoms with van der Waals surface area (Å²) in [4.78, 5) is 31.1. The molecule has 1 saturated heterocycles. The highest BCUT2D eigenvalue weighted by Crippen LogP contribution is 2.42. The van der Waals surface area contributed by atoms with Crippen LogP contribution in [-0.4, -0.2) is 39.2 Å². The molecule has 2 aromatic rings. The van der Waals surface area contributed by atoms with Crippen molar-refractivity contribution in [1.82, 2.24) is 14.5 Å². The number of ether oxygens (including phenoxy) is 1. The number of pyridine rings is 1. The van der Waals surface area contributed by atoms with E-state index in [1.54, 1.807) is 24.2 Å². The first-order valence-electron chi connectivity index (χ1n) is 8.49. The van der Waals surface area contributed by atoms with Crippen LogP contribution in [-0.2, 0) is 23.1 Å². The minimum Gasteiger partial charge on any atom is -0.465 e. The monoisotopic (exact) mass is 373 g/mol. The van der Waals surface area contributed by atoms with E-state index in [0.29, 0.717) is 18.5 Å². The van der Waals surface area contributed by atoms with Crippen molar-refractivity contribution in [3.63, 3.8) is 0 Å². The number of hydrogen-bond donors (Lipinski definition) is 0. The van der Waals surface area contributed by atoms with Gasteiger partial charge >= 0.3 is 5.97 Å². The van der Waals surface area contributed by atoms with Crippen molar-refractivity contribution >= 4 is 23.6 Å². The van der Waals surface area contributed by atoms with E-state index < -0.39 is 0 Å². The lowest BCUT2D eigenvalue weighted by Gasteiger charge is -2.36. The van der Waals surface area contributed by atoms with Crippen molar-refractivity contribution < 1.29 is 14.3 Å². The second kappa shape index (κ2) is 7.53. The van der Waals surface area contributed by atoms with Gasteiger partial charge in [0, 0.05) is 55.1 Å². The van der Waals surface area contributed by atoms with Gasteiger partial charge in [0.2, 0.25) is 5.91 Å². The molecule has 0 aromatic carbocycles. The maximum atomic E-state index is 12.7. The molecule has 0 aliphatic carbocycles. The van der Waals surface area contributed by atoms with Gasteiger partial charge in [-0.15, -0.1) is 11.8 Å². The Bertz CT molecular complexity index is 832. The van der Waals surface area contributed by atoms with Crippen LogP contribution in [0.15, 0.2) is 24.5 Å². The standard InChI is InChI=1S/C19H23N3O3S/c1-12-16(17(19(24)25-4)13(2)21(12)3)18-22(15(23)7-10-26-18)11-14-5-8-20-9-6-14/h5-6,8-9,18H,7,10-11H2,1-4H3. The molecule has 1 amide bonds. The summed E-state index contributed by atoms with van der Waals surface area (Å²) >= 11 is 1.69. The first-order chi connectivity index (χ1) is 12.5. The molecule has 1 aliphatic rings. The summed E-state index contributed by atoms with van der Waals surface area (Å²) in [5.41, 5.74) is 4.30. The lowest BCUT2D eigenvalue weighted by Crippen LogP contribution is -2.37. The van der Waals surface area contributed by atoms with Gasteiger partial charge in [-0.3, -0.25) is 9.78 Å². The number of methoxy groups -OCH3 is 1. The molecule has 138 valence electrons. The molecular formula is C19H23N3O3S. The van der Waals surface area contributed by atoms with Gasteiger partial charge in [0.25, 0.3) is 0 Å². The summed E-state index contributed by atoms with van der Waals surface area (Å²) < 4.78 is 7.02. The van der Waals surface area contributed by atoms with E-state index in [0.717, 1.165) is 28.3 Å². The molecule has 0 saturated carbocycles. The smallest absolute Gasteiger partial charge is 0.340 e. The number of carbonyl (C=O) groups is 2. The second-order valence-electron chi connectivity index (χ2n) is 6.36. The van der Waals surface area contributed by atoms with Gasteiger partial charge in [0.1, 0.15) is 5.37 Å². The molecule has 2 aromatic heterocycles. The van der Waals surface area contributed by atoms with Gasteiger partial charge in [-0.05, 0) is 31.5 Å². The molecule has 1 fully saturated rings. The van der Waals surface area contributed by atoms with Crippen LogP contribution in [0.2, 0.25) is 0 Å². The molecule has 3 rings (SSSR count). The van der Waals surface area contributed by atoms with Crippen LogP contribution in [0, 0.1) is 13.8 Å². The predicted octanol–water partition coefficient (Wildman–Crippen LogP) is 2.99. The average molecular weight is 373 g/mol. The number of aromatic nitrogens is 2. The predicted molar refractivity (Wildman–Crippen MR) is 101 cm³/mol. The molecule has 1 aliphatic heterocycles. The minimum atomic E-state index is -0.358. The normalized spacial score (nSPS) is 17.5. The highest BCUT2D eigenvalue weighted by atomic mass is 32.2. The van der Waals surface area contributed by atoms with E-state index in [-0.39, 0.29) is 17.3 Å². The summed E-state index contributed by atoms with van der Waals surface area (Å²) in [7, 11) is 3.32. The van der Waals surface area contributed by atoms with Crippen LogP contribution in [0.4, 0.5) is 0 Å². The van der Waals surface area contributed by atoms with Crippen LogP contribution >= 0.6 is 11.8 Å². The Morgan fingerprint density at radius 1 is 1.31 bits per heavy atom. The lowest BCUT2D eigenvalue weighted by molar-refractivity contribution is -0.132. The van der Waals surface area contributed by atoms with Crippen molar-refractivity contribution in [2.24, 2.45) is 7.05 Å². The van der Waals surface area contributed by atoms with E-state index in [4.69, 9.17) is 4.74 Å². The maximum absolute atomic E-state index is 12.7. The van der Waals surface area contributed by atoms with E-state index in [2.05, 4.69) is 4.98 Å². The molecule has 1 atom stereocenters. The zero-order valence-corrected chi connectivity index (χ0v) is 16.3. The third kappa shape index (κ3) is 3.23. The van der Waals surface area contributed by atoms with E-state index in [9.17, 15) is 9.59 Å². The quantitative estimate of drug-likeness (QED) is 0.771. The summed E-state index contributed by atoms with van der Waals surface area (Å²) in [6.07, 6.45) is 3.96. The molecule has 0 N–H and O–H groups in total. The Hall–Kier alpha value is -2.28. The number of thioether (sulfide) groups is 1. The molecule has 3 heterocycles. The molecule has 7 heteroatoms. The van der Waals surface area contributed by atoms with E-state index >= 15 is 0 Å². The molecular weight excluding hydrogens is 350 g/mol. The maximum Gasteiger partial charge on any atom is 0.340 e. The van der Waals surface area contributed by atoms with Crippen molar-refractivity contribution in [3.8, 4) is 0 Å². The van der Waals surface area contributed by atoms with Crippen molar-refractivity contribution in [2.75, 3.05) is 12.9 Å². The zero-order valence-electron chi connectivity index (χ0n) is 15.5. The Kier molecular flexibility index (Phi) is 5.36. The fourth-order valence-electron chi connectivity index (χ4n) is 3.36. The summed E-state index contributed by atoms with van der Waals surface area (Å²) in [6.45, 7) is 4.39. The Morgan fingerprint density at radius 3 is 2.65 bits per heavy atom. The van der Waals surface area contributed by atoms with E-state index in [1.165, 1.54) is 7.11 Å². The van der Waals surface area contributed by atoms with Gasteiger partial charge < -0.3 is 14.2 Å². The van der Waals surface area contributed by atoms with Gasteiger partial charge in [0.15, 0.2) is 0 Å². The highest BCUT2D eigenvalue weighted by Gasteiger charge is 2.36. The number of nitrogens with zero attached hydrogens (tertiary/aromatic N) is 3. The van der Waals surface area contributed by atoms with Crippen LogP contribution < -0.4 is 0 Å². The third-order valence-corrected chi connectivity index (χ3v) is 6.21. The van der Waals surface area contributed by atoms with Crippen molar-refractivity contribution in [3.05, 3.63) is 52.6 Å². The van der Waals surface area contributed by atoms with Crippen molar-refractivity contribution in [2.45, 2.75) is 32.2 Å². The Morgan fingerprint density at radius 2 is 2.00 bits per heavy atom. The van der Waals surface area contributed by atoms with Crippen LogP contribution in [0.1, 0.15) is 44.7 Å². The van der Waals surface area contributed by atoms with Crippen LogP contribution in [0.25, 0.3) is 0 Å². The minimum absolute atomic E-state index is 0.0993. The first-order valence-corrected chi connectivity index (χ1v) is 9.54. The summed E-state index contributed by atoms with van der Waals surface area (Å²) in [6, 6.07) is 3.82. The zero-order chi connectivity index (χ0) is 18.8. The van der Waals surface area contributed by atoms with Crippen LogP contribution in [0.3, 0.4) is 0 Å². The van der Waals surface area contributed by atoms with Gasteiger partial charge in [-0.25, -0.2) is 4.79 Å². The van der Waals surface area contributed by atoms with Gasteiger partial charge in [-0.1, -0.05) is 0 Å². The summed E-state index contributed by atoms with van der Waals surface area (Å²) in [5.74, 6) is 0.482. The SMILES string of the molecule is COC(=O)c1c(C2SCCC(=O)N2Cc2ccncc2)c(C)n(C)c1C. The fraction of sp³-hybridized carbons (Fsp3) is 0.421. The van der Waals surface area contributed by atoms with Gasteiger partial charge in [0.05, 0.1) is 12.7 Å². The fourth-order valence-corrected chi connectivity index (χ4v) is 4.70. The average Bonchev–Trinajstić information content (AvgIpc) is 2.87. The Balaban J connectivity index is 2.07. The highest BCUT2D eigenvalue weighted by molar-refractivity contribution is 7.99. The molecule has 1 unspecified atom stereocenters. The summed E-state index contributed by atoms with van der Waals surface area (Å²) in [5, 5.41) is -0.210. The van der Waals surface area contributed by atoms with E-state index in [1.807, 2.05) is 42.5 Å². The molecule has 0 spiro atoms. The second-order valence-corrected chi connectivity index (χ2v) is 7.55. The van der Waals surface area contributed by atoms with Gasteiger partial charge in [-0.2, -0.15) is 0 Å². The number of hydrogen-bond acceptors (Lipinski definition) is 5. The number of esters is 1. The first kappa shape index (κ1) is 18.5. The number of rotatable bonds is 4. The van der Waals surface area contributed by atoms with Crippen LogP contribution in [0.5, 0.6) is 0 Å². The molecule has 0 bridgehead atoms. The lowest BCUT2D eigenvalue weighted by atomic mass is 10.1. The Labute approximate surface area is 157 Å². The van der Waals surface area contributed by atoms with Crippen molar-refractivity contribution in [1.29, 1.82) is 0 Å². The number of carbonyl (C=O) groups excluding carboxylic acids is 2. The largest absolute Gasteiger partial charge is 0.465 e.